The molecule has 0 atom stereocenters. The molecule has 1 aromatic heterocycles. The Kier molecular flexibility index (Phi) is 2.34. The lowest BCUT2D eigenvalue weighted by Crippen LogP contribution is -1.82. The molecule has 0 radical (unpaired) electrons. The van der Waals surface area contributed by atoms with Crippen LogP contribution in [0.1, 0.15) is 10.4 Å². The van der Waals surface area contributed by atoms with Gasteiger partial charge in [-0.1, -0.05) is 12.1 Å². The van der Waals surface area contributed by atoms with Gasteiger partial charge in [0.15, 0.2) is 5.58 Å². The van der Waals surface area contributed by atoms with Gasteiger partial charge in [0.25, 0.3) is 0 Å². The maximum absolute atomic E-state index is 10.6. The predicted octanol–water partition coefficient (Wildman–Crippen LogP) is 2.89. The van der Waals surface area contributed by atoms with Crippen LogP contribution in [0, 0.1) is 0 Å². The van der Waals surface area contributed by atoms with E-state index in [4.69, 9.17) is 10.2 Å². The molecule has 18 heavy (non-hydrogen) atoms. The molecular formula is C14H10N2O2. The number of nitrogens with zero attached hydrogens (tertiary/aromatic N) is 1. The van der Waals surface area contributed by atoms with E-state index >= 15 is 0 Å². The molecule has 0 saturated carbocycles. The fourth-order valence-electron chi connectivity index (χ4n) is 1.77. The zero-order valence-electron chi connectivity index (χ0n) is 9.46. The Morgan fingerprint density at radius 3 is 2.61 bits per heavy atom. The first-order valence-corrected chi connectivity index (χ1v) is 5.48. The number of nitrogens with two attached hydrogens (primary N) is 1. The van der Waals surface area contributed by atoms with E-state index in [1.54, 1.807) is 42.5 Å². The number of anilines is 1. The summed E-state index contributed by atoms with van der Waals surface area (Å²) in [7, 11) is 0. The molecule has 0 aliphatic carbocycles. The summed E-state index contributed by atoms with van der Waals surface area (Å²) >= 11 is 0. The van der Waals surface area contributed by atoms with Gasteiger partial charge in [-0.05, 0) is 30.3 Å². The molecule has 0 unspecified atom stereocenters. The smallest absolute Gasteiger partial charge is 0.227 e. The number of fused-ring (bicyclic) bond motifs is 1. The molecule has 88 valence electrons. The number of rotatable bonds is 2. The summed E-state index contributed by atoms with van der Waals surface area (Å²) in [5.41, 5.74) is 9.21. The Bertz CT molecular complexity index is 714. The van der Waals surface area contributed by atoms with Gasteiger partial charge in [-0.25, -0.2) is 4.98 Å². The van der Waals surface area contributed by atoms with Crippen LogP contribution in [0.3, 0.4) is 0 Å². The molecule has 0 fully saturated rings. The number of hydrogen-bond acceptors (Lipinski definition) is 4. The van der Waals surface area contributed by atoms with Gasteiger partial charge < -0.3 is 10.2 Å². The second kappa shape index (κ2) is 4.00. The van der Waals surface area contributed by atoms with E-state index < -0.39 is 0 Å². The second-order valence-corrected chi connectivity index (χ2v) is 3.99. The third-order valence-electron chi connectivity index (χ3n) is 2.71. The van der Waals surface area contributed by atoms with Crippen LogP contribution >= 0.6 is 0 Å². The number of benzene rings is 2. The lowest BCUT2D eigenvalue weighted by Gasteiger charge is -1.94. The average molecular weight is 238 g/mol. The minimum atomic E-state index is 0.521. The van der Waals surface area contributed by atoms with Crippen molar-refractivity contribution in [2.45, 2.75) is 0 Å². The topological polar surface area (TPSA) is 69.1 Å². The van der Waals surface area contributed by atoms with E-state index in [0.717, 1.165) is 17.4 Å². The second-order valence-electron chi connectivity index (χ2n) is 3.99. The Labute approximate surface area is 103 Å². The van der Waals surface area contributed by atoms with Crippen LogP contribution in [0.25, 0.3) is 22.6 Å². The number of oxazole rings is 1. The highest BCUT2D eigenvalue weighted by Crippen LogP contribution is 2.25. The SMILES string of the molecule is Nc1ccc2oc(-c3ccc(C=O)cc3)nc2c1. The molecule has 0 aliphatic rings. The molecule has 0 bridgehead atoms. The normalized spacial score (nSPS) is 10.7. The van der Waals surface area contributed by atoms with Crippen molar-refractivity contribution in [3.63, 3.8) is 0 Å². The van der Waals surface area contributed by atoms with E-state index in [9.17, 15) is 4.79 Å². The molecular weight excluding hydrogens is 228 g/mol. The first-order valence-electron chi connectivity index (χ1n) is 5.48. The molecule has 3 aromatic rings. The Balaban J connectivity index is 2.10. The average Bonchev–Trinajstić information content (AvgIpc) is 2.81. The highest BCUT2D eigenvalue weighted by molar-refractivity contribution is 5.80. The van der Waals surface area contributed by atoms with E-state index in [1.807, 2.05) is 0 Å². The van der Waals surface area contributed by atoms with Crippen molar-refractivity contribution in [3.05, 3.63) is 48.0 Å². The number of aromatic nitrogens is 1. The fraction of sp³-hybridized carbons (Fsp3) is 0. The molecule has 3 rings (SSSR count). The molecule has 4 nitrogen and oxygen atoms in total. The van der Waals surface area contributed by atoms with Crippen molar-refractivity contribution in [2.75, 3.05) is 5.73 Å². The number of nitrogen functional groups attached to an aromatic ring is 1. The zero-order valence-corrected chi connectivity index (χ0v) is 9.46. The molecule has 2 aromatic carbocycles. The summed E-state index contributed by atoms with van der Waals surface area (Å²) < 4.78 is 5.63. The number of aldehydes is 1. The Morgan fingerprint density at radius 2 is 1.89 bits per heavy atom. The highest BCUT2D eigenvalue weighted by atomic mass is 16.3. The van der Waals surface area contributed by atoms with Gasteiger partial charge in [0.05, 0.1) is 0 Å². The lowest BCUT2D eigenvalue weighted by atomic mass is 10.1. The lowest BCUT2D eigenvalue weighted by molar-refractivity contribution is 0.112. The molecule has 0 saturated heterocycles. The molecule has 0 amide bonds. The van der Waals surface area contributed by atoms with Crippen molar-refractivity contribution in [2.24, 2.45) is 0 Å². The van der Waals surface area contributed by atoms with Gasteiger partial charge in [0.1, 0.15) is 11.8 Å². The van der Waals surface area contributed by atoms with Gasteiger partial charge in [-0.3, -0.25) is 4.79 Å². The van der Waals surface area contributed by atoms with Gasteiger partial charge >= 0.3 is 0 Å². The first-order chi connectivity index (χ1) is 8.76. The maximum atomic E-state index is 10.6. The summed E-state index contributed by atoms with van der Waals surface area (Å²) in [6, 6.07) is 12.4. The number of carbonyl (C=O) groups is 1. The van der Waals surface area contributed by atoms with E-state index in [1.165, 1.54) is 0 Å². The molecule has 0 spiro atoms. The largest absolute Gasteiger partial charge is 0.436 e. The quantitative estimate of drug-likeness (QED) is 0.550. The third-order valence-corrected chi connectivity index (χ3v) is 2.71. The van der Waals surface area contributed by atoms with Crippen LogP contribution in [0.2, 0.25) is 0 Å². The molecule has 4 heteroatoms. The van der Waals surface area contributed by atoms with Crippen molar-refractivity contribution in [1.82, 2.24) is 4.98 Å². The van der Waals surface area contributed by atoms with Crippen LogP contribution in [0.5, 0.6) is 0 Å². The van der Waals surface area contributed by atoms with E-state index in [2.05, 4.69) is 4.98 Å². The number of hydrogen-bond donors (Lipinski definition) is 1. The minimum absolute atomic E-state index is 0.521. The van der Waals surface area contributed by atoms with Crippen molar-refractivity contribution < 1.29 is 9.21 Å². The standard InChI is InChI=1S/C14H10N2O2/c15-11-5-6-13-12(7-11)16-14(18-13)10-3-1-9(8-17)2-4-10/h1-8H,15H2. The van der Waals surface area contributed by atoms with Crippen LogP contribution in [0.4, 0.5) is 5.69 Å². The summed E-state index contributed by atoms with van der Waals surface area (Å²) in [5, 5.41) is 0. The molecule has 2 N–H and O–H groups in total. The van der Waals surface area contributed by atoms with Gasteiger partial charge in [-0.15, -0.1) is 0 Å². The fourth-order valence-corrected chi connectivity index (χ4v) is 1.77. The van der Waals surface area contributed by atoms with Gasteiger partial charge in [-0.2, -0.15) is 0 Å². The Morgan fingerprint density at radius 1 is 1.11 bits per heavy atom. The van der Waals surface area contributed by atoms with Crippen LogP contribution in [-0.4, -0.2) is 11.3 Å². The van der Waals surface area contributed by atoms with Crippen LogP contribution < -0.4 is 5.73 Å². The van der Waals surface area contributed by atoms with Gasteiger partial charge in [0, 0.05) is 16.8 Å². The van der Waals surface area contributed by atoms with Crippen molar-refractivity contribution >= 4 is 23.1 Å². The zero-order chi connectivity index (χ0) is 12.5. The molecule has 1 heterocycles. The third kappa shape index (κ3) is 1.73. The summed E-state index contributed by atoms with van der Waals surface area (Å²) in [6.07, 6.45) is 0.802. The van der Waals surface area contributed by atoms with Crippen molar-refractivity contribution in [1.29, 1.82) is 0 Å². The van der Waals surface area contributed by atoms with Crippen molar-refractivity contribution in [3.8, 4) is 11.5 Å². The summed E-state index contributed by atoms with van der Waals surface area (Å²) in [5.74, 6) is 0.521. The predicted molar refractivity (Wildman–Crippen MR) is 69.2 cm³/mol. The maximum Gasteiger partial charge on any atom is 0.227 e. The summed E-state index contributed by atoms with van der Waals surface area (Å²) in [6.45, 7) is 0. The minimum Gasteiger partial charge on any atom is -0.436 e. The van der Waals surface area contributed by atoms with E-state index in [0.29, 0.717) is 22.7 Å². The van der Waals surface area contributed by atoms with Crippen LogP contribution in [-0.2, 0) is 0 Å². The number of carbonyl (C=O) groups excluding carboxylic acids is 1. The first kappa shape index (κ1) is 10.5. The Hall–Kier alpha value is -2.62. The van der Waals surface area contributed by atoms with E-state index in [-0.39, 0.29) is 0 Å². The highest BCUT2D eigenvalue weighted by Gasteiger charge is 2.08. The monoisotopic (exact) mass is 238 g/mol. The molecule has 0 aliphatic heterocycles. The van der Waals surface area contributed by atoms with Crippen LogP contribution in [0.15, 0.2) is 46.9 Å². The van der Waals surface area contributed by atoms with Gasteiger partial charge in [0.2, 0.25) is 5.89 Å². The summed E-state index contributed by atoms with van der Waals surface area (Å²) in [4.78, 5) is 14.9.